The van der Waals surface area contributed by atoms with Gasteiger partial charge in [0.2, 0.25) is 5.91 Å². The van der Waals surface area contributed by atoms with E-state index in [9.17, 15) is 19.4 Å². The lowest BCUT2D eigenvalue weighted by Crippen LogP contribution is -2.45. The van der Waals surface area contributed by atoms with Gasteiger partial charge in [-0.1, -0.05) is 266 Å². The number of amides is 1. The molecule has 0 bridgehead atoms. The Morgan fingerprint density at radius 2 is 0.833 bits per heavy atom. The number of rotatable bonds is 54. The Bertz CT molecular complexity index is 1450. The summed E-state index contributed by atoms with van der Waals surface area (Å²) in [7, 11) is 1.55. The van der Waals surface area contributed by atoms with Crippen molar-refractivity contribution in [1.29, 1.82) is 0 Å². The molecule has 0 saturated heterocycles. The first kappa shape index (κ1) is 69.7. The van der Waals surface area contributed by atoms with Crippen LogP contribution in [0.15, 0.2) is 85.1 Å². The van der Waals surface area contributed by atoms with Gasteiger partial charge < -0.3 is 19.8 Å². The van der Waals surface area contributed by atoms with E-state index in [4.69, 9.17) is 9.05 Å². The predicted octanol–water partition coefficient (Wildman–Crippen LogP) is 18.4. The number of nitrogens with one attached hydrogen (secondary N) is 1. The standard InChI is InChI=1S/C63H115N2O6P/c1-6-8-10-12-14-16-18-20-22-24-26-28-30-32-34-36-38-40-42-44-46-48-50-52-54-56-62(66)61(60-71-72(68,69)70-59-58-65(3,4)5)64-63(67)57-55-53-51-49-47-45-43-41-39-37-35-33-31-29-27-25-23-21-19-17-15-13-11-9-7-2/h9,11,15,17,21,23,27,29,33,35,39,41,54,56,61-62,66H,6-8,10,12-14,16,18-20,22,24-26,28,30-32,34,36-38,40,42-53,55,57-60H2,1-5H3,(H-,64,67,68,69)/p+1/b11-9-,17-15-,23-21-,29-27-,35-33-,41-39-,56-54+. The van der Waals surface area contributed by atoms with E-state index in [1.807, 2.05) is 27.2 Å². The van der Waals surface area contributed by atoms with E-state index in [0.29, 0.717) is 17.4 Å². The normalized spacial score (nSPS) is 14.5. The number of aliphatic hydroxyl groups is 1. The number of hydrogen-bond donors (Lipinski definition) is 3. The summed E-state index contributed by atoms with van der Waals surface area (Å²) in [6.45, 7) is 4.71. The van der Waals surface area contributed by atoms with Gasteiger partial charge in [0.25, 0.3) is 0 Å². The molecule has 1 amide bonds. The lowest BCUT2D eigenvalue weighted by molar-refractivity contribution is -0.870. The van der Waals surface area contributed by atoms with E-state index in [-0.39, 0.29) is 19.1 Å². The third-order valence-electron chi connectivity index (χ3n) is 13.1. The lowest BCUT2D eigenvalue weighted by atomic mass is 10.0. The SMILES string of the molecule is CC/C=C\C/C=C\C/C=C\C/C=C\C/C=C\C/C=C\CCCCCCCCC(=O)NC(COP(=O)(O)OCC[N+](C)(C)C)C(O)/C=C/CCCCCCCCCCCCCCCCCCCCCCCCC. The third kappa shape index (κ3) is 55.4. The van der Waals surface area contributed by atoms with E-state index >= 15 is 0 Å². The van der Waals surface area contributed by atoms with Crippen LogP contribution in [-0.4, -0.2) is 73.4 Å². The van der Waals surface area contributed by atoms with Crippen molar-refractivity contribution in [2.75, 3.05) is 40.9 Å². The molecule has 0 aliphatic rings. The van der Waals surface area contributed by atoms with Crippen molar-refractivity contribution in [3.05, 3.63) is 85.1 Å². The van der Waals surface area contributed by atoms with E-state index in [1.165, 1.54) is 148 Å². The number of carbonyl (C=O) groups excluding carboxylic acids is 1. The topological polar surface area (TPSA) is 105 Å². The summed E-state index contributed by atoms with van der Waals surface area (Å²) in [5, 5.41) is 14.0. The summed E-state index contributed by atoms with van der Waals surface area (Å²) in [5.74, 6) is -0.192. The number of quaternary nitrogens is 1. The van der Waals surface area contributed by atoms with Crippen LogP contribution in [0, 0.1) is 0 Å². The van der Waals surface area contributed by atoms with Crippen LogP contribution in [-0.2, 0) is 18.4 Å². The Morgan fingerprint density at radius 1 is 0.486 bits per heavy atom. The molecule has 418 valence electrons. The Kier molecular flexibility index (Phi) is 51.8. The van der Waals surface area contributed by atoms with Crippen LogP contribution in [0.1, 0.15) is 258 Å². The number of aliphatic hydroxyl groups excluding tert-OH is 1. The monoisotopic (exact) mass is 1030 g/mol. The molecule has 9 heteroatoms. The van der Waals surface area contributed by atoms with Crippen LogP contribution >= 0.6 is 7.82 Å². The summed E-state index contributed by atoms with van der Waals surface area (Å²) < 4.78 is 23.7. The summed E-state index contributed by atoms with van der Waals surface area (Å²) in [6, 6.07) is -0.861. The Labute approximate surface area is 446 Å². The van der Waals surface area contributed by atoms with Crippen LogP contribution in [0.4, 0.5) is 0 Å². The quantitative estimate of drug-likeness (QED) is 0.0243. The molecule has 0 aliphatic carbocycles. The molecule has 0 aromatic rings. The number of nitrogens with zero attached hydrogens (tertiary/aromatic N) is 1. The lowest BCUT2D eigenvalue weighted by Gasteiger charge is -2.25. The summed E-state index contributed by atoms with van der Waals surface area (Å²) in [6.07, 6.45) is 75.4. The fraction of sp³-hybridized carbons (Fsp3) is 0.762. The molecule has 0 radical (unpaired) electrons. The highest BCUT2D eigenvalue weighted by molar-refractivity contribution is 7.47. The van der Waals surface area contributed by atoms with Gasteiger partial charge in [-0.25, -0.2) is 4.57 Å². The highest BCUT2D eigenvalue weighted by Gasteiger charge is 2.27. The fourth-order valence-electron chi connectivity index (χ4n) is 8.46. The predicted molar refractivity (Wildman–Crippen MR) is 313 cm³/mol. The first-order valence-electron chi connectivity index (χ1n) is 30.0. The molecule has 8 nitrogen and oxygen atoms in total. The largest absolute Gasteiger partial charge is 0.472 e. The van der Waals surface area contributed by atoms with Crippen molar-refractivity contribution in [3.63, 3.8) is 0 Å². The Balaban J connectivity index is 4.26. The molecule has 72 heavy (non-hydrogen) atoms. The molecule has 0 aliphatic heterocycles. The summed E-state index contributed by atoms with van der Waals surface area (Å²) >= 11 is 0. The van der Waals surface area contributed by atoms with Crippen LogP contribution in [0.25, 0.3) is 0 Å². The second-order valence-corrected chi connectivity index (χ2v) is 22.8. The van der Waals surface area contributed by atoms with Crippen molar-refractivity contribution in [2.24, 2.45) is 0 Å². The van der Waals surface area contributed by atoms with Crippen molar-refractivity contribution in [1.82, 2.24) is 5.32 Å². The van der Waals surface area contributed by atoms with Gasteiger partial charge in [-0.3, -0.25) is 13.8 Å². The van der Waals surface area contributed by atoms with E-state index in [2.05, 4.69) is 92.1 Å². The van der Waals surface area contributed by atoms with Crippen molar-refractivity contribution >= 4 is 13.7 Å². The molecule has 0 aromatic heterocycles. The van der Waals surface area contributed by atoms with Crippen LogP contribution in [0.5, 0.6) is 0 Å². The molecular formula is C63H116N2O6P+. The highest BCUT2D eigenvalue weighted by Crippen LogP contribution is 2.43. The van der Waals surface area contributed by atoms with Crippen molar-refractivity contribution in [3.8, 4) is 0 Å². The summed E-state index contributed by atoms with van der Waals surface area (Å²) in [5.41, 5.74) is 0. The van der Waals surface area contributed by atoms with Gasteiger partial charge in [0, 0.05) is 6.42 Å². The molecule has 0 spiro atoms. The molecule has 3 unspecified atom stereocenters. The van der Waals surface area contributed by atoms with E-state index < -0.39 is 20.0 Å². The smallest absolute Gasteiger partial charge is 0.387 e. The number of unbranched alkanes of at least 4 members (excludes halogenated alkanes) is 29. The van der Waals surface area contributed by atoms with E-state index in [1.54, 1.807) is 6.08 Å². The van der Waals surface area contributed by atoms with E-state index in [0.717, 1.165) is 89.9 Å². The van der Waals surface area contributed by atoms with Gasteiger partial charge in [0.15, 0.2) is 0 Å². The van der Waals surface area contributed by atoms with Gasteiger partial charge in [0.05, 0.1) is 39.9 Å². The van der Waals surface area contributed by atoms with Crippen molar-refractivity contribution < 1.29 is 32.9 Å². The third-order valence-corrected chi connectivity index (χ3v) is 14.1. The molecule has 3 atom stereocenters. The maximum atomic E-state index is 13.0. The Hall–Kier alpha value is -2.32. The number of likely N-dealkylation sites (N-methyl/N-ethyl adjacent to an activating group) is 1. The minimum absolute atomic E-state index is 0.0544. The number of phosphoric ester groups is 1. The first-order valence-corrected chi connectivity index (χ1v) is 31.5. The average Bonchev–Trinajstić information content (AvgIpc) is 3.34. The van der Waals surface area contributed by atoms with Gasteiger partial charge >= 0.3 is 7.82 Å². The van der Waals surface area contributed by atoms with Crippen LogP contribution in [0.2, 0.25) is 0 Å². The second kappa shape index (κ2) is 53.5. The van der Waals surface area contributed by atoms with Crippen LogP contribution < -0.4 is 5.32 Å². The van der Waals surface area contributed by atoms with Gasteiger partial charge in [-0.05, 0) is 70.6 Å². The number of carbonyl (C=O) groups is 1. The van der Waals surface area contributed by atoms with Gasteiger partial charge in [0.1, 0.15) is 13.2 Å². The maximum absolute atomic E-state index is 13.0. The molecule has 3 N–H and O–H groups in total. The molecule has 0 fully saturated rings. The zero-order valence-electron chi connectivity index (χ0n) is 47.7. The number of allylic oxidation sites excluding steroid dienone is 13. The zero-order valence-corrected chi connectivity index (χ0v) is 48.5. The number of phosphoric acid groups is 1. The molecule has 0 rings (SSSR count). The maximum Gasteiger partial charge on any atom is 0.472 e. The minimum atomic E-state index is -4.36. The minimum Gasteiger partial charge on any atom is -0.387 e. The average molecular weight is 1030 g/mol. The number of hydrogen-bond acceptors (Lipinski definition) is 5. The van der Waals surface area contributed by atoms with Gasteiger partial charge in [-0.15, -0.1) is 0 Å². The summed E-state index contributed by atoms with van der Waals surface area (Å²) in [4.78, 5) is 23.3. The molecular weight excluding hydrogens is 912 g/mol. The fourth-order valence-corrected chi connectivity index (χ4v) is 9.19. The first-order chi connectivity index (χ1) is 35.0. The Morgan fingerprint density at radius 3 is 1.22 bits per heavy atom. The van der Waals surface area contributed by atoms with Crippen LogP contribution in [0.3, 0.4) is 0 Å². The van der Waals surface area contributed by atoms with Crippen molar-refractivity contribution in [2.45, 2.75) is 270 Å². The second-order valence-electron chi connectivity index (χ2n) is 21.3. The zero-order chi connectivity index (χ0) is 52.7. The molecule has 0 heterocycles. The van der Waals surface area contributed by atoms with Gasteiger partial charge in [-0.2, -0.15) is 0 Å². The highest BCUT2D eigenvalue weighted by atomic mass is 31.2. The molecule has 0 saturated carbocycles. The molecule has 0 aromatic carbocycles.